The average molecular weight is 312 g/mol. The SMILES string of the molecule is O=C(Cc1ccc(F)cc1Cl)N1CCC[C@@H]1[C@H]1CCCO1. The minimum absolute atomic E-state index is 0.0570. The van der Waals surface area contributed by atoms with Crippen LogP contribution in [0.15, 0.2) is 18.2 Å². The van der Waals surface area contributed by atoms with Crippen LogP contribution in [0.1, 0.15) is 31.2 Å². The molecule has 5 heteroatoms. The van der Waals surface area contributed by atoms with E-state index >= 15 is 0 Å². The lowest BCUT2D eigenvalue weighted by Gasteiger charge is -2.29. The standard InChI is InChI=1S/C16H19ClFNO2/c17-13-10-12(18)6-5-11(13)9-16(20)19-7-1-3-14(19)15-4-2-8-21-15/h5-6,10,14-15H,1-4,7-9H2/t14-,15-/m1/s1. The molecule has 2 atom stereocenters. The van der Waals surface area contributed by atoms with Crippen LogP contribution in [0.3, 0.4) is 0 Å². The van der Waals surface area contributed by atoms with E-state index in [1.807, 2.05) is 4.90 Å². The largest absolute Gasteiger partial charge is 0.376 e. The number of halogens is 2. The molecule has 3 nitrogen and oxygen atoms in total. The summed E-state index contributed by atoms with van der Waals surface area (Å²) in [5.74, 6) is -0.323. The number of nitrogens with zero attached hydrogens (tertiary/aromatic N) is 1. The Morgan fingerprint density at radius 3 is 2.95 bits per heavy atom. The fourth-order valence-electron chi connectivity index (χ4n) is 3.32. The van der Waals surface area contributed by atoms with Gasteiger partial charge in [-0.25, -0.2) is 4.39 Å². The van der Waals surface area contributed by atoms with Crippen LogP contribution in [0.2, 0.25) is 5.02 Å². The van der Waals surface area contributed by atoms with Crippen molar-refractivity contribution in [1.82, 2.24) is 4.90 Å². The summed E-state index contributed by atoms with van der Waals surface area (Å²) in [5.41, 5.74) is 0.682. The van der Waals surface area contributed by atoms with Crippen molar-refractivity contribution in [3.8, 4) is 0 Å². The summed E-state index contributed by atoms with van der Waals surface area (Å²) in [6, 6.07) is 4.38. The maximum atomic E-state index is 13.1. The van der Waals surface area contributed by atoms with E-state index in [0.717, 1.165) is 38.8 Å². The quantitative estimate of drug-likeness (QED) is 0.858. The van der Waals surface area contributed by atoms with Gasteiger partial charge in [-0.2, -0.15) is 0 Å². The Balaban J connectivity index is 1.69. The van der Waals surface area contributed by atoms with Crippen molar-refractivity contribution < 1.29 is 13.9 Å². The molecule has 0 saturated carbocycles. The maximum Gasteiger partial charge on any atom is 0.227 e. The van der Waals surface area contributed by atoms with Crippen LogP contribution in [-0.4, -0.2) is 36.1 Å². The smallest absolute Gasteiger partial charge is 0.227 e. The number of carbonyl (C=O) groups is 1. The summed E-state index contributed by atoms with van der Waals surface area (Å²) in [7, 11) is 0. The van der Waals surface area contributed by atoms with Crippen LogP contribution in [0.5, 0.6) is 0 Å². The van der Waals surface area contributed by atoms with Gasteiger partial charge in [-0.3, -0.25) is 4.79 Å². The fourth-order valence-corrected chi connectivity index (χ4v) is 3.56. The summed E-state index contributed by atoms with van der Waals surface area (Å²) in [6.07, 6.45) is 4.54. The number of hydrogen-bond acceptors (Lipinski definition) is 2. The molecule has 2 aliphatic rings. The molecule has 2 aliphatic heterocycles. The number of amides is 1. The van der Waals surface area contributed by atoms with Gasteiger partial charge in [-0.05, 0) is 43.4 Å². The minimum Gasteiger partial charge on any atom is -0.376 e. The molecule has 0 spiro atoms. The van der Waals surface area contributed by atoms with Gasteiger partial charge in [0.25, 0.3) is 0 Å². The fraction of sp³-hybridized carbons (Fsp3) is 0.562. The van der Waals surface area contributed by atoms with E-state index in [-0.39, 0.29) is 30.3 Å². The second-order valence-corrected chi connectivity index (χ2v) is 6.17. The summed E-state index contributed by atoms with van der Waals surface area (Å²) in [6.45, 7) is 1.58. The predicted molar refractivity (Wildman–Crippen MR) is 78.8 cm³/mol. The molecule has 1 aromatic rings. The van der Waals surface area contributed by atoms with Crippen LogP contribution in [0, 0.1) is 5.82 Å². The van der Waals surface area contributed by atoms with Gasteiger partial charge >= 0.3 is 0 Å². The summed E-state index contributed by atoms with van der Waals surface area (Å²) in [5, 5.41) is 0.316. The highest BCUT2D eigenvalue weighted by atomic mass is 35.5. The first-order valence-electron chi connectivity index (χ1n) is 7.50. The van der Waals surface area contributed by atoms with Crippen molar-refractivity contribution in [2.45, 2.75) is 44.2 Å². The molecule has 0 aliphatic carbocycles. The van der Waals surface area contributed by atoms with E-state index in [0.29, 0.717) is 10.6 Å². The Morgan fingerprint density at radius 2 is 2.24 bits per heavy atom. The monoisotopic (exact) mass is 311 g/mol. The van der Waals surface area contributed by atoms with Crippen LogP contribution < -0.4 is 0 Å². The van der Waals surface area contributed by atoms with Crippen molar-refractivity contribution in [1.29, 1.82) is 0 Å². The average Bonchev–Trinajstić information content (AvgIpc) is 3.10. The van der Waals surface area contributed by atoms with Gasteiger partial charge in [0, 0.05) is 18.2 Å². The van der Waals surface area contributed by atoms with Crippen LogP contribution >= 0.6 is 11.6 Å². The Kier molecular flexibility index (Phi) is 4.45. The van der Waals surface area contributed by atoms with E-state index < -0.39 is 0 Å². The van der Waals surface area contributed by atoms with Gasteiger partial charge < -0.3 is 9.64 Å². The zero-order valence-corrected chi connectivity index (χ0v) is 12.6. The summed E-state index contributed by atoms with van der Waals surface area (Å²) < 4.78 is 18.8. The summed E-state index contributed by atoms with van der Waals surface area (Å²) >= 11 is 6.01. The van der Waals surface area contributed by atoms with Crippen molar-refractivity contribution in [3.63, 3.8) is 0 Å². The second kappa shape index (κ2) is 6.32. The highest BCUT2D eigenvalue weighted by molar-refractivity contribution is 6.31. The third-order valence-corrected chi connectivity index (χ3v) is 4.72. The molecule has 2 fully saturated rings. The second-order valence-electron chi connectivity index (χ2n) is 5.76. The topological polar surface area (TPSA) is 29.5 Å². The molecule has 0 unspecified atom stereocenters. The Bertz CT molecular complexity index is 531. The molecule has 2 saturated heterocycles. The van der Waals surface area contributed by atoms with E-state index in [1.54, 1.807) is 6.07 Å². The molecule has 0 radical (unpaired) electrons. The number of benzene rings is 1. The van der Waals surface area contributed by atoms with Crippen molar-refractivity contribution in [2.24, 2.45) is 0 Å². The lowest BCUT2D eigenvalue weighted by atomic mass is 10.0. The molecule has 21 heavy (non-hydrogen) atoms. The van der Waals surface area contributed by atoms with Gasteiger partial charge in [0.15, 0.2) is 0 Å². The molecule has 0 N–H and O–H groups in total. The molecule has 0 bridgehead atoms. The summed E-state index contributed by atoms with van der Waals surface area (Å²) in [4.78, 5) is 14.5. The van der Waals surface area contributed by atoms with Crippen LogP contribution in [0.25, 0.3) is 0 Å². The van der Waals surface area contributed by atoms with E-state index in [1.165, 1.54) is 12.1 Å². The molecule has 3 rings (SSSR count). The number of ether oxygens (including phenoxy) is 1. The van der Waals surface area contributed by atoms with E-state index in [4.69, 9.17) is 16.3 Å². The Hall–Kier alpha value is -1.13. The van der Waals surface area contributed by atoms with Gasteiger partial charge in [0.05, 0.1) is 18.6 Å². The zero-order chi connectivity index (χ0) is 14.8. The van der Waals surface area contributed by atoms with Crippen LogP contribution in [0.4, 0.5) is 4.39 Å². The van der Waals surface area contributed by atoms with Crippen LogP contribution in [-0.2, 0) is 16.0 Å². The number of hydrogen-bond donors (Lipinski definition) is 0. The predicted octanol–water partition coefficient (Wildman–Crippen LogP) is 3.19. The Labute approximate surface area is 129 Å². The highest BCUT2D eigenvalue weighted by Crippen LogP contribution is 2.29. The van der Waals surface area contributed by atoms with E-state index in [2.05, 4.69) is 0 Å². The maximum absolute atomic E-state index is 13.1. The normalized spacial score (nSPS) is 25.5. The zero-order valence-electron chi connectivity index (χ0n) is 11.9. The number of rotatable bonds is 3. The highest BCUT2D eigenvalue weighted by Gasteiger charge is 2.36. The van der Waals surface area contributed by atoms with Crippen molar-refractivity contribution >= 4 is 17.5 Å². The third-order valence-electron chi connectivity index (χ3n) is 4.37. The molecule has 0 aromatic heterocycles. The lowest BCUT2D eigenvalue weighted by Crippen LogP contribution is -2.43. The molecule has 2 heterocycles. The molecule has 1 aromatic carbocycles. The minimum atomic E-state index is -0.380. The first-order chi connectivity index (χ1) is 10.1. The van der Waals surface area contributed by atoms with Crippen molar-refractivity contribution in [2.75, 3.05) is 13.2 Å². The molecular weight excluding hydrogens is 293 g/mol. The number of likely N-dealkylation sites (tertiary alicyclic amines) is 1. The first-order valence-corrected chi connectivity index (χ1v) is 7.88. The molecular formula is C16H19ClFNO2. The lowest BCUT2D eigenvalue weighted by molar-refractivity contribution is -0.133. The third kappa shape index (κ3) is 3.22. The van der Waals surface area contributed by atoms with Gasteiger partial charge in [-0.15, -0.1) is 0 Å². The van der Waals surface area contributed by atoms with Gasteiger partial charge in [0.2, 0.25) is 5.91 Å². The molecule has 1 amide bonds. The van der Waals surface area contributed by atoms with E-state index in [9.17, 15) is 9.18 Å². The Morgan fingerprint density at radius 1 is 1.38 bits per heavy atom. The van der Waals surface area contributed by atoms with Crippen molar-refractivity contribution in [3.05, 3.63) is 34.6 Å². The number of carbonyl (C=O) groups excluding carboxylic acids is 1. The van der Waals surface area contributed by atoms with Gasteiger partial charge in [-0.1, -0.05) is 17.7 Å². The molecule has 114 valence electrons. The first kappa shape index (κ1) is 14.8. The van der Waals surface area contributed by atoms with Gasteiger partial charge in [0.1, 0.15) is 5.82 Å².